The van der Waals surface area contributed by atoms with Crippen molar-refractivity contribution in [2.45, 2.75) is 24.7 Å². The molecule has 0 heterocycles. The number of sulfonamides is 1. The minimum absolute atomic E-state index is 0.215. The maximum Gasteiger partial charge on any atom is 0.270 e. The van der Waals surface area contributed by atoms with Crippen LogP contribution in [-0.2, 0) is 10.0 Å². The number of benzene rings is 2. The molecule has 9 heteroatoms. The minimum Gasteiger partial charge on any atom is -0.352 e. The van der Waals surface area contributed by atoms with Gasteiger partial charge in [-0.2, -0.15) is 0 Å². The number of carbonyl (C=O) groups is 1. The van der Waals surface area contributed by atoms with Crippen molar-refractivity contribution in [1.29, 1.82) is 0 Å². The quantitative estimate of drug-likeness (QED) is 0.416. The molecule has 0 aliphatic rings. The Kier molecular flexibility index (Phi) is 6.29. The van der Waals surface area contributed by atoms with E-state index in [2.05, 4.69) is 10.0 Å². The first-order chi connectivity index (χ1) is 12.3. The highest BCUT2D eigenvalue weighted by Gasteiger charge is 2.18. The number of nitrogens with zero attached hydrogens (tertiary/aromatic N) is 1. The molecule has 0 aliphatic carbocycles. The first-order valence-electron chi connectivity index (χ1n) is 7.99. The molecule has 0 saturated carbocycles. The van der Waals surface area contributed by atoms with Crippen molar-refractivity contribution in [3.8, 4) is 0 Å². The molecule has 0 radical (unpaired) electrons. The van der Waals surface area contributed by atoms with Crippen LogP contribution >= 0.6 is 0 Å². The number of nitro benzene ring substituents is 1. The van der Waals surface area contributed by atoms with Crippen LogP contribution in [0.1, 0.15) is 30.1 Å². The molecule has 0 aromatic heterocycles. The van der Waals surface area contributed by atoms with Gasteiger partial charge < -0.3 is 5.32 Å². The van der Waals surface area contributed by atoms with Gasteiger partial charge in [0.15, 0.2) is 0 Å². The molecule has 2 aromatic rings. The Morgan fingerprint density at radius 3 is 2.46 bits per heavy atom. The molecule has 1 amide bonds. The lowest BCUT2D eigenvalue weighted by molar-refractivity contribution is -0.385. The van der Waals surface area contributed by atoms with E-state index in [9.17, 15) is 23.3 Å². The molecule has 0 bridgehead atoms. The molecule has 0 aliphatic heterocycles. The summed E-state index contributed by atoms with van der Waals surface area (Å²) < 4.78 is 27.1. The molecule has 0 saturated heterocycles. The Morgan fingerprint density at radius 1 is 1.15 bits per heavy atom. The zero-order valence-corrected chi connectivity index (χ0v) is 15.0. The fraction of sp³-hybridized carbons (Fsp3) is 0.235. The molecular formula is C17H19N3O5S. The van der Waals surface area contributed by atoms with Crippen LogP contribution in [0.25, 0.3) is 0 Å². The summed E-state index contributed by atoms with van der Waals surface area (Å²) in [6.07, 6.45) is 1.85. The molecule has 0 fully saturated rings. The molecule has 2 aromatic carbocycles. The number of carbonyl (C=O) groups excluding carboxylic acids is 1. The predicted molar refractivity (Wildman–Crippen MR) is 97.6 cm³/mol. The van der Waals surface area contributed by atoms with Crippen LogP contribution in [0.15, 0.2) is 53.4 Å². The molecule has 26 heavy (non-hydrogen) atoms. The number of hydrogen-bond acceptors (Lipinski definition) is 5. The van der Waals surface area contributed by atoms with Crippen LogP contribution in [0, 0.1) is 10.1 Å². The minimum atomic E-state index is -3.98. The average molecular weight is 377 g/mol. The first-order valence-corrected chi connectivity index (χ1v) is 9.47. The lowest BCUT2D eigenvalue weighted by Gasteiger charge is -2.09. The van der Waals surface area contributed by atoms with Gasteiger partial charge in [0.1, 0.15) is 0 Å². The SMILES string of the molecule is CCCCNC(=O)c1ccc(NS(=O)(=O)c2cccc([N+](=O)[O-])c2)cc1. The number of amides is 1. The maximum atomic E-state index is 12.4. The van der Waals surface area contributed by atoms with Crippen molar-refractivity contribution in [3.05, 3.63) is 64.2 Å². The third-order valence-electron chi connectivity index (χ3n) is 3.55. The molecule has 0 spiro atoms. The number of hydrogen-bond donors (Lipinski definition) is 2. The summed E-state index contributed by atoms with van der Waals surface area (Å²) in [6, 6.07) is 10.7. The largest absolute Gasteiger partial charge is 0.352 e. The number of rotatable bonds is 8. The number of nitrogens with one attached hydrogen (secondary N) is 2. The van der Waals surface area contributed by atoms with Gasteiger partial charge >= 0.3 is 0 Å². The van der Waals surface area contributed by atoms with E-state index in [1.54, 1.807) is 0 Å². The third kappa shape index (κ3) is 5.03. The van der Waals surface area contributed by atoms with Gasteiger partial charge in [-0.1, -0.05) is 19.4 Å². The summed E-state index contributed by atoms with van der Waals surface area (Å²) in [5, 5.41) is 13.6. The van der Waals surface area contributed by atoms with Gasteiger partial charge in [-0.25, -0.2) is 8.42 Å². The van der Waals surface area contributed by atoms with Gasteiger partial charge in [-0.05, 0) is 36.8 Å². The van der Waals surface area contributed by atoms with Crippen LogP contribution < -0.4 is 10.0 Å². The first kappa shape index (κ1) is 19.4. The molecule has 2 rings (SSSR count). The van der Waals surface area contributed by atoms with Gasteiger partial charge in [-0.15, -0.1) is 0 Å². The van der Waals surface area contributed by atoms with Crippen molar-refractivity contribution in [2.24, 2.45) is 0 Å². The van der Waals surface area contributed by atoms with Gasteiger partial charge in [0, 0.05) is 29.9 Å². The fourth-order valence-corrected chi connectivity index (χ4v) is 3.25. The lowest BCUT2D eigenvalue weighted by atomic mass is 10.2. The summed E-state index contributed by atoms with van der Waals surface area (Å²) >= 11 is 0. The van der Waals surface area contributed by atoms with E-state index in [4.69, 9.17) is 0 Å². The Balaban J connectivity index is 2.11. The molecule has 2 N–H and O–H groups in total. The zero-order chi connectivity index (χ0) is 19.2. The highest BCUT2D eigenvalue weighted by molar-refractivity contribution is 7.92. The summed E-state index contributed by atoms with van der Waals surface area (Å²) in [5.41, 5.74) is 0.355. The lowest BCUT2D eigenvalue weighted by Crippen LogP contribution is -2.24. The number of nitro groups is 1. The van der Waals surface area contributed by atoms with E-state index < -0.39 is 14.9 Å². The number of unbranched alkanes of at least 4 members (excludes halogenated alkanes) is 1. The van der Waals surface area contributed by atoms with Crippen LogP contribution in [0.4, 0.5) is 11.4 Å². The second-order valence-electron chi connectivity index (χ2n) is 5.55. The van der Waals surface area contributed by atoms with Crippen molar-refractivity contribution >= 4 is 27.3 Å². The van der Waals surface area contributed by atoms with Gasteiger partial charge in [0.05, 0.1) is 9.82 Å². The monoisotopic (exact) mass is 377 g/mol. The maximum absolute atomic E-state index is 12.4. The van der Waals surface area contributed by atoms with Crippen molar-refractivity contribution in [2.75, 3.05) is 11.3 Å². The average Bonchev–Trinajstić information content (AvgIpc) is 2.62. The van der Waals surface area contributed by atoms with E-state index in [-0.39, 0.29) is 22.2 Å². The van der Waals surface area contributed by atoms with E-state index >= 15 is 0 Å². The Bertz CT molecular complexity index is 895. The summed E-state index contributed by atoms with van der Waals surface area (Å²) in [4.78, 5) is 21.8. The van der Waals surface area contributed by atoms with E-state index in [0.29, 0.717) is 12.1 Å². The van der Waals surface area contributed by atoms with Crippen LogP contribution in [-0.4, -0.2) is 25.8 Å². The second-order valence-corrected chi connectivity index (χ2v) is 7.23. The van der Waals surface area contributed by atoms with E-state index in [0.717, 1.165) is 18.9 Å². The molecule has 138 valence electrons. The van der Waals surface area contributed by atoms with Crippen LogP contribution in [0.5, 0.6) is 0 Å². The van der Waals surface area contributed by atoms with E-state index in [1.165, 1.54) is 42.5 Å². The molecule has 8 nitrogen and oxygen atoms in total. The van der Waals surface area contributed by atoms with Crippen LogP contribution in [0.2, 0.25) is 0 Å². The van der Waals surface area contributed by atoms with Gasteiger partial charge in [0.2, 0.25) is 0 Å². The molecule has 0 atom stereocenters. The fourth-order valence-electron chi connectivity index (χ4n) is 2.15. The van der Waals surface area contributed by atoms with Crippen molar-refractivity contribution in [3.63, 3.8) is 0 Å². The summed E-state index contributed by atoms with van der Waals surface area (Å²) in [5.74, 6) is -0.230. The smallest absolute Gasteiger partial charge is 0.270 e. The molecule has 0 unspecified atom stereocenters. The van der Waals surface area contributed by atoms with Gasteiger partial charge in [0.25, 0.3) is 21.6 Å². The summed E-state index contributed by atoms with van der Waals surface area (Å²) in [7, 11) is -3.98. The number of anilines is 1. The Morgan fingerprint density at radius 2 is 1.85 bits per heavy atom. The topological polar surface area (TPSA) is 118 Å². The predicted octanol–water partition coefficient (Wildman–Crippen LogP) is 2.93. The molecular weight excluding hydrogens is 358 g/mol. The zero-order valence-electron chi connectivity index (χ0n) is 14.1. The third-order valence-corrected chi connectivity index (χ3v) is 4.93. The number of non-ortho nitro benzene ring substituents is 1. The Labute approximate surface area is 151 Å². The highest BCUT2D eigenvalue weighted by Crippen LogP contribution is 2.20. The van der Waals surface area contributed by atoms with Gasteiger partial charge in [-0.3, -0.25) is 19.6 Å². The normalized spacial score (nSPS) is 11.0. The van der Waals surface area contributed by atoms with E-state index in [1.807, 2.05) is 6.92 Å². The highest BCUT2D eigenvalue weighted by atomic mass is 32.2. The van der Waals surface area contributed by atoms with Crippen molar-refractivity contribution in [1.82, 2.24) is 5.32 Å². The van der Waals surface area contributed by atoms with Crippen molar-refractivity contribution < 1.29 is 18.1 Å². The standard InChI is InChI=1S/C17H19N3O5S/c1-2-3-11-18-17(21)13-7-9-14(10-8-13)19-26(24,25)16-6-4-5-15(12-16)20(22)23/h4-10,12,19H,2-3,11H2,1H3,(H,18,21). The second kappa shape index (κ2) is 8.43. The van der Waals surface area contributed by atoms with Crippen LogP contribution in [0.3, 0.4) is 0 Å². The summed E-state index contributed by atoms with van der Waals surface area (Å²) in [6.45, 7) is 2.60. The Hall–Kier alpha value is -2.94.